The monoisotopic (exact) mass is 252 g/mol. The van der Waals surface area contributed by atoms with Crippen molar-refractivity contribution in [1.29, 1.82) is 0 Å². The van der Waals surface area contributed by atoms with Crippen LogP contribution in [0.5, 0.6) is 0 Å². The van der Waals surface area contributed by atoms with Crippen LogP contribution < -0.4 is 0 Å². The van der Waals surface area contributed by atoms with Gasteiger partial charge in [0, 0.05) is 12.0 Å². The Kier molecular flexibility index (Phi) is 3.48. The summed E-state index contributed by atoms with van der Waals surface area (Å²) in [5.41, 5.74) is 0.761. The van der Waals surface area contributed by atoms with Crippen molar-refractivity contribution < 1.29 is 18.3 Å². The first-order valence-corrected chi connectivity index (χ1v) is 5.66. The summed E-state index contributed by atoms with van der Waals surface area (Å²) in [7, 11) is 0. The van der Waals surface area contributed by atoms with Gasteiger partial charge in [0.25, 0.3) is 0 Å². The molecule has 0 fully saturated rings. The van der Waals surface area contributed by atoms with Crippen molar-refractivity contribution in [2.45, 2.75) is 26.4 Å². The topological polar surface area (TPSA) is 33.4 Å². The SMILES string of the molecule is Cc1cc(C(O)Cc2cc(F)ccc2F)c(C)o1. The number of hydrogen-bond donors (Lipinski definition) is 1. The molecule has 2 aromatic rings. The molecule has 1 heterocycles. The number of aryl methyl sites for hydroxylation is 2. The third kappa shape index (κ3) is 2.59. The van der Waals surface area contributed by atoms with Crippen LogP contribution in [0.3, 0.4) is 0 Å². The number of benzene rings is 1. The standard InChI is InChI=1S/C14H14F2O2/c1-8-5-12(9(2)18-8)14(17)7-10-6-11(15)3-4-13(10)16/h3-6,14,17H,7H2,1-2H3. The summed E-state index contributed by atoms with van der Waals surface area (Å²) >= 11 is 0. The van der Waals surface area contributed by atoms with E-state index >= 15 is 0 Å². The molecule has 0 saturated carbocycles. The fourth-order valence-corrected chi connectivity index (χ4v) is 2.00. The van der Waals surface area contributed by atoms with Crippen molar-refractivity contribution >= 4 is 0 Å². The molecular weight excluding hydrogens is 238 g/mol. The number of rotatable bonds is 3. The Morgan fingerprint density at radius 1 is 1.22 bits per heavy atom. The molecular formula is C14H14F2O2. The molecule has 4 heteroatoms. The predicted octanol–water partition coefficient (Wildman–Crippen LogP) is 3.45. The van der Waals surface area contributed by atoms with E-state index in [1.165, 1.54) is 0 Å². The summed E-state index contributed by atoms with van der Waals surface area (Å²) in [6.45, 7) is 3.50. The highest BCUT2D eigenvalue weighted by molar-refractivity contribution is 5.26. The average Bonchev–Trinajstić information content (AvgIpc) is 2.63. The van der Waals surface area contributed by atoms with Crippen molar-refractivity contribution in [1.82, 2.24) is 0 Å². The third-order valence-electron chi connectivity index (χ3n) is 2.86. The van der Waals surface area contributed by atoms with E-state index in [2.05, 4.69) is 0 Å². The molecule has 2 rings (SSSR count). The predicted molar refractivity (Wildman–Crippen MR) is 63.2 cm³/mol. The van der Waals surface area contributed by atoms with Crippen molar-refractivity contribution in [2.75, 3.05) is 0 Å². The molecule has 0 aliphatic rings. The smallest absolute Gasteiger partial charge is 0.126 e. The summed E-state index contributed by atoms with van der Waals surface area (Å²) in [5, 5.41) is 10.0. The molecule has 0 amide bonds. The molecule has 1 unspecified atom stereocenters. The van der Waals surface area contributed by atoms with E-state index < -0.39 is 17.7 Å². The van der Waals surface area contributed by atoms with Crippen molar-refractivity contribution in [3.63, 3.8) is 0 Å². The normalized spacial score (nSPS) is 12.7. The lowest BCUT2D eigenvalue weighted by atomic mass is 10.0. The van der Waals surface area contributed by atoms with Gasteiger partial charge >= 0.3 is 0 Å². The van der Waals surface area contributed by atoms with E-state index in [1.807, 2.05) is 0 Å². The Bertz CT molecular complexity index is 561. The Morgan fingerprint density at radius 2 is 1.94 bits per heavy atom. The van der Waals surface area contributed by atoms with E-state index in [9.17, 15) is 13.9 Å². The lowest BCUT2D eigenvalue weighted by Gasteiger charge is -2.10. The van der Waals surface area contributed by atoms with Crippen LogP contribution in [-0.4, -0.2) is 5.11 Å². The van der Waals surface area contributed by atoms with Crippen LogP contribution in [0.25, 0.3) is 0 Å². The Balaban J connectivity index is 2.23. The summed E-state index contributed by atoms with van der Waals surface area (Å²) in [5.74, 6) is 0.241. The third-order valence-corrected chi connectivity index (χ3v) is 2.86. The Labute approximate surface area is 104 Å². The van der Waals surface area contributed by atoms with Crippen LogP contribution in [0.4, 0.5) is 8.78 Å². The van der Waals surface area contributed by atoms with Gasteiger partial charge in [-0.25, -0.2) is 8.78 Å². The largest absolute Gasteiger partial charge is 0.466 e. The zero-order chi connectivity index (χ0) is 13.3. The van der Waals surface area contributed by atoms with Crippen LogP contribution in [0.15, 0.2) is 28.7 Å². The van der Waals surface area contributed by atoms with Gasteiger partial charge in [0.1, 0.15) is 23.2 Å². The van der Waals surface area contributed by atoms with E-state index in [-0.39, 0.29) is 12.0 Å². The minimum Gasteiger partial charge on any atom is -0.466 e. The second kappa shape index (κ2) is 4.90. The van der Waals surface area contributed by atoms with E-state index in [4.69, 9.17) is 4.42 Å². The highest BCUT2D eigenvalue weighted by atomic mass is 19.1. The highest BCUT2D eigenvalue weighted by Crippen LogP contribution is 2.25. The molecule has 0 aliphatic carbocycles. The number of aliphatic hydroxyl groups excluding tert-OH is 1. The second-order valence-electron chi connectivity index (χ2n) is 4.32. The molecule has 0 bridgehead atoms. The Morgan fingerprint density at radius 3 is 2.56 bits per heavy atom. The van der Waals surface area contributed by atoms with Crippen molar-refractivity contribution in [2.24, 2.45) is 0 Å². The second-order valence-corrected chi connectivity index (χ2v) is 4.32. The van der Waals surface area contributed by atoms with Gasteiger partial charge in [-0.15, -0.1) is 0 Å². The van der Waals surface area contributed by atoms with Crippen LogP contribution in [0.1, 0.15) is 28.8 Å². The van der Waals surface area contributed by atoms with Gasteiger partial charge in [0.15, 0.2) is 0 Å². The fraction of sp³-hybridized carbons (Fsp3) is 0.286. The summed E-state index contributed by atoms with van der Waals surface area (Å²) < 4.78 is 31.8. The van der Waals surface area contributed by atoms with Gasteiger partial charge in [-0.1, -0.05) is 0 Å². The highest BCUT2D eigenvalue weighted by Gasteiger charge is 2.17. The van der Waals surface area contributed by atoms with Gasteiger partial charge in [-0.2, -0.15) is 0 Å². The minimum absolute atomic E-state index is 0.0173. The van der Waals surface area contributed by atoms with Crippen LogP contribution >= 0.6 is 0 Å². The molecule has 2 nitrogen and oxygen atoms in total. The molecule has 96 valence electrons. The zero-order valence-corrected chi connectivity index (χ0v) is 10.2. The summed E-state index contributed by atoms with van der Waals surface area (Å²) in [6.07, 6.45) is -0.887. The molecule has 0 saturated heterocycles. The van der Waals surface area contributed by atoms with E-state index in [0.717, 1.165) is 18.2 Å². The maximum absolute atomic E-state index is 13.5. The first-order valence-electron chi connectivity index (χ1n) is 5.66. The molecule has 1 aromatic carbocycles. The maximum atomic E-state index is 13.5. The van der Waals surface area contributed by atoms with E-state index in [0.29, 0.717) is 17.1 Å². The molecule has 18 heavy (non-hydrogen) atoms. The van der Waals surface area contributed by atoms with Gasteiger partial charge in [-0.3, -0.25) is 0 Å². The molecule has 0 aliphatic heterocycles. The zero-order valence-electron chi connectivity index (χ0n) is 10.2. The van der Waals surface area contributed by atoms with E-state index in [1.54, 1.807) is 19.9 Å². The maximum Gasteiger partial charge on any atom is 0.126 e. The lowest BCUT2D eigenvalue weighted by molar-refractivity contribution is 0.175. The number of hydrogen-bond acceptors (Lipinski definition) is 2. The molecule has 0 radical (unpaired) electrons. The van der Waals surface area contributed by atoms with Gasteiger partial charge in [0.05, 0.1) is 6.10 Å². The summed E-state index contributed by atoms with van der Waals surface area (Å²) in [6, 6.07) is 4.92. The number of halogens is 2. The summed E-state index contributed by atoms with van der Waals surface area (Å²) in [4.78, 5) is 0. The molecule has 0 spiro atoms. The first kappa shape index (κ1) is 12.8. The number of furan rings is 1. The quantitative estimate of drug-likeness (QED) is 0.907. The average molecular weight is 252 g/mol. The van der Waals surface area contributed by atoms with Crippen LogP contribution in [0.2, 0.25) is 0 Å². The molecule has 1 N–H and O–H groups in total. The Hall–Kier alpha value is -1.68. The minimum atomic E-state index is -0.904. The molecule has 1 atom stereocenters. The first-order chi connectivity index (χ1) is 8.47. The molecule has 1 aromatic heterocycles. The van der Waals surface area contributed by atoms with Gasteiger partial charge < -0.3 is 9.52 Å². The number of aliphatic hydroxyl groups is 1. The van der Waals surface area contributed by atoms with Crippen molar-refractivity contribution in [3.8, 4) is 0 Å². The van der Waals surface area contributed by atoms with Crippen molar-refractivity contribution in [3.05, 3.63) is 58.5 Å². The van der Waals surface area contributed by atoms with Gasteiger partial charge in [-0.05, 0) is 43.7 Å². The fourth-order valence-electron chi connectivity index (χ4n) is 2.00. The van der Waals surface area contributed by atoms with Crippen LogP contribution in [0, 0.1) is 25.5 Å². The van der Waals surface area contributed by atoms with Gasteiger partial charge in [0.2, 0.25) is 0 Å². The van der Waals surface area contributed by atoms with Crippen LogP contribution in [-0.2, 0) is 6.42 Å². The lowest BCUT2D eigenvalue weighted by Crippen LogP contribution is -2.04.